The van der Waals surface area contributed by atoms with Crippen molar-refractivity contribution in [2.24, 2.45) is 5.73 Å². The lowest BCUT2D eigenvalue weighted by molar-refractivity contribution is 0.0696. The molecule has 0 spiro atoms. The van der Waals surface area contributed by atoms with Crippen LogP contribution in [0.5, 0.6) is 0 Å². The van der Waals surface area contributed by atoms with Gasteiger partial charge in [0.1, 0.15) is 0 Å². The van der Waals surface area contributed by atoms with Gasteiger partial charge in [0.2, 0.25) is 0 Å². The molecule has 76 valence electrons. The maximum Gasteiger partial charge on any atom is 0.335 e. The van der Waals surface area contributed by atoms with Crippen molar-refractivity contribution in [1.82, 2.24) is 4.57 Å². The predicted molar refractivity (Wildman–Crippen MR) is 51.3 cm³/mol. The summed E-state index contributed by atoms with van der Waals surface area (Å²) in [6.45, 7) is 1.03. The minimum Gasteiger partial charge on any atom is -0.478 e. The molecule has 0 aliphatic heterocycles. The molecule has 0 atom stereocenters. The van der Waals surface area contributed by atoms with Gasteiger partial charge >= 0.3 is 5.97 Å². The van der Waals surface area contributed by atoms with Gasteiger partial charge in [-0.2, -0.15) is 0 Å². The average molecular weight is 196 g/mol. The second kappa shape index (κ2) is 4.57. The number of hydrogen-bond donors (Lipinski definition) is 2. The molecule has 0 radical (unpaired) electrons. The third-order valence-electron chi connectivity index (χ3n) is 1.85. The number of pyridine rings is 1. The largest absolute Gasteiger partial charge is 0.478 e. The van der Waals surface area contributed by atoms with Gasteiger partial charge in [-0.05, 0) is 19.0 Å². The highest BCUT2D eigenvalue weighted by atomic mass is 16.4. The van der Waals surface area contributed by atoms with Crippen LogP contribution in [-0.4, -0.2) is 22.2 Å². The van der Waals surface area contributed by atoms with E-state index in [1.807, 2.05) is 0 Å². The molecule has 14 heavy (non-hydrogen) atoms. The van der Waals surface area contributed by atoms with Gasteiger partial charge in [0.05, 0.1) is 5.56 Å². The monoisotopic (exact) mass is 196 g/mol. The van der Waals surface area contributed by atoms with Crippen LogP contribution in [-0.2, 0) is 6.54 Å². The Labute approximate surface area is 80.8 Å². The number of aromatic nitrogens is 1. The molecule has 0 bridgehead atoms. The Morgan fingerprint density at radius 2 is 2.29 bits per heavy atom. The van der Waals surface area contributed by atoms with Gasteiger partial charge in [-0.25, -0.2) is 4.79 Å². The van der Waals surface area contributed by atoms with Crippen LogP contribution in [0.25, 0.3) is 0 Å². The van der Waals surface area contributed by atoms with Gasteiger partial charge in [0.25, 0.3) is 5.56 Å². The van der Waals surface area contributed by atoms with E-state index in [4.69, 9.17) is 10.8 Å². The minimum absolute atomic E-state index is 0.0130. The van der Waals surface area contributed by atoms with Crippen molar-refractivity contribution >= 4 is 5.97 Å². The van der Waals surface area contributed by atoms with Crippen LogP contribution in [0, 0.1) is 0 Å². The predicted octanol–water partition coefficient (Wildman–Crippen LogP) is -0.105. The van der Waals surface area contributed by atoms with Crippen molar-refractivity contribution in [3.8, 4) is 0 Å². The second-order valence-electron chi connectivity index (χ2n) is 2.89. The van der Waals surface area contributed by atoms with Gasteiger partial charge in [-0.1, -0.05) is 0 Å². The maximum atomic E-state index is 11.3. The molecule has 0 saturated heterocycles. The molecule has 0 aliphatic rings. The van der Waals surface area contributed by atoms with E-state index in [-0.39, 0.29) is 11.1 Å². The quantitative estimate of drug-likeness (QED) is 0.703. The average Bonchev–Trinajstić information content (AvgIpc) is 2.15. The molecule has 1 aromatic rings. The fourth-order valence-corrected chi connectivity index (χ4v) is 1.09. The van der Waals surface area contributed by atoms with Crippen LogP contribution < -0.4 is 11.3 Å². The highest BCUT2D eigenvalue weighted by Crippen LogP contribution is 1.94. The van der Waals surface area contributed by atoms with Crippen LogP contribution in [0.4, 0.5) is 0 Å². The molecule has 1 rings (SSSR count). The topological polar surface area (TPSA) is 85.3 Å². The molecule has 5 heteroatoms. The van der Waals surface area contributed by atoms with Gasteiger partial charge in [0.15, 0.2) is 0 Å². The molecule has 0 aliphatic carbocycles. The minimum atomic E-state index is -1.09. The molecule has 1 heterocycles. The summed E-state index contributed by atoms with van der Waals surface area (Å²) in [6.07, 6.45) is 2.17. The number of aryl methyl sites for hydroxylation is 1. The summed E-state index contributed by atoms with van der Waals surface area (Å²) in [4.78, 5) is 21.8. The Hall–Kier alpha value is -1.62. The lowest BCUT2D eigenvalue weighted by atomic mass is 10.2. The van der Waals surface area contributed by atoms with Crippen LogP contribution in [0.3, 0.4) is 0 Å². The Morgan fingerprint density at radius 1 is 1.57 bits per heavy atom. The fourth-order valence-electron chi connectivity index (χ4n) is 1.09. The van der Waals surface area contributed by atoms with Gasteiger partial charge in [0, 0.05) is 18.8 Å². The zero-order valence-corrected chi connectivity index (χ0v) is 7.64. The number of hydrogen-bond acceptors (Lipinski definition) is 3. The number of carboxylic acids is 1. The fraction of sp³-hybridized carbons (Fsp3) is 0.333. The molecular weight excluding hydrogens is 184 g/mol. The molecule has 0 fully saturated rings. The van der Waals surface area contributed by atoms with E-state index in [0.29, 0.717) is 19.5 Å². The van der Waals surface area contributed by atoms with Gasteiger partial charge in [-0.3, -0.25) is 4.79 Å². The van der Waals surface area contributed by atoms with Crippen molar-refractivity contribution in [2.75, 3.05) is 6.54 Å². The van der Waals surface area contributed by atoms with Crippen molar-refractivity contribution in [3.05, 3.63) is 34.2 Å². The number of nitrogens with two attached hydrogens (primary N) is 1. The molecule has 0 amide bonds. The summed E-state index contributed by atoms with van der Waals surface area (Å²) in [5.74, 6) is -1.09. The molecular formula is C9H12N2O3. The second-order valence-corrected chi connectivity index (χ2v) is 2.89. The van der Waals surface area contributed by atoms with E-state index in [2.05, 4.69) is 0 Å². The zero-order chi connectivity index (χ0) is 10.6. The standard InChI is InChI=1S/C9H12N2O3/c10-3-1-4-11-5-2-7(9(13)14)6-8(11)12/h2,5-6H,1,3-4,10H2,(H,13,14). The van der Waals surface area contributed by atoms with Gasteiger partial charge in [-0.15, -0.1) is 0 Å². The first kappa shape index (κ1) is 10.5. The first-order valence-electron chi connectivity index (χ1n) is 4.29. The molecule has 0 aromatic carbocycles. The van der Waals surface area contributed by atoms with Crippen molar-refractivity contribution < 1.29 is 9.90 Å². The summed E-state index contributed by atoms with van der Waals surface area (Å²) in [6, 6.07) is 2.51. The lowest BCUT2D eigenvalue weighted by Gasteiger charge is -2.03. The molecule has 5 nitrogen and oxygen atoms in total. The van der Waals surface area contributed by atoms with Crippen LogP contribution in [0.15, 0.2) is 23.1 Å². The Bertz CT molecular complexity index is 384. The number of nitrogens with zero attached hydrogens (tertiary/aromatic N) is 1. The van der Waals surface area contributed by atoms with E-state index in [0.717, 1.165) is 6.07 Å². The van der Waals surface area contributed by atoms with Crippen LogP contribution in [0.1, 0.15) is 16.8 Å². The summed E-state index contributed by atoms with van der Waals surface area (Å²) in [5, 5.41) is 8.61. The van der Waals surface area contributed by atoms with Crippen molar-refractivity contribution in [3.63, 3.8) is 0 Å². The normalized spacial score (nSPS) is 10.1. The summed E-state index contributed by atoms with van der Waals surface area (Å²) >= 11 is 0. The third-order valence-corrected chi connectivity index (χ3v) is 1.85. The number of rotatable bonds is 4. The molecule has 1 aromatic heterocycles. The molecule has 0 saturated carbocycles. The lowest BCUT2D eigenvalue weighted by Crippen LogP contribution is -2.21. The summed E-state index contributed by atoms with van der Waals surface area (Å²) < 4.78 is 1.44. The van der Waals surface area contributed by atoms with Crippen molar-refractivity contribution in [2.45, 2.75) is 13.0 Å². The summed E-state index contributed by atoms with van der Waals surface area (Å²) in [5.41, 5.74) is 5.00. The van der Waals surface area contributed by atoms with E-state index in [9.17, 15) is 9.59 Å². The van der Waals surface area contributed by atoms with Gasteiger partial charge < -0.3 is 15.4 Å². The molecule has 0 unspecified atom stereocenters. The molecule has 3 N–H and O–H groups in total. The Morgan fingerprint density at radius 3 is 2.79 bits per heavy atom. The first-order chi connectivity index (χ1) is 6.65. The maximum absolute atomic E-state index is 11.3. The Kier molecular flexibility index (Phi) is 3.41. The Balaban J connectivity index is 2.90. The highest BCUT2D eigenvalue weighted by molar-refractivity contribution is 5.87. The van der Waals surface area contributed by atoms with Crippen LogP contribution in [0.2, 0.25) is 0 Å². The number of carbonyl (C=O) groups is 1. The van der Waals surface area contributed by atoms with E-state index in [1.54, 1.807) is 0 Å². The zero-order valence-electron chi connectivity index (χ0n) is 7.64. The van der Waals surface area contributed by atoms with E-state index < -0.39 is 5.97 Å². The number of carboxylic acid groups (broad SMARTS) is 1. The SMILES string of the molecule is NCCCn1ccc(C(=O)O)cc1=O. The first-order valence-corrected chi connectivity index (χ1v) is 4.29. The van der Waals surface area contributed by atoms with E-state index >= 15 is 0 Å². The smallest absolute Gasteiger partial charge is 0.335 e. The number of aromatic carboxylic acids is 1. The summed E-state index contributed by atoms with van der Waals surface area (Å²) in [7, 11) is 0. The highest BCUT2D eigenvalue weighted by Gasteiger charge is 2.04. The third kappa shape index (κ3) is 2.43. The van der Waals surface area contributed by atoms with E-state index in [1.165, 1.54) is 16.8 Å². The van der Waals surface area contributed by atoms with Crippen molar-refractivity contribution in [1.29, 1.82) is 0 Å². The van der Waals surface area contributed by atoms with Crippen LogP contribution >= 0.6 is 0 Å².